The molecule has 1 aromatic carbocycles. The normalized spacial score (nSPS) is 10.8. The van der Waals surface area contributed by atoms with Gasteiger partial charge in [0.2, 0.25) is 0 Å². The summed E-state index contributed by atoms with van der Waals surface area (Å²) in [5, 5.41) is 3.38. The molecule has 1 heterocycles. The Morgan fingerprint density at radius 3 is 2.85 bits per heavy atom. The fourth-order valence-corrected chi connectivity index (χ4v) is 1.75. The summed E-state index contributed by atoms with van der Waals surface area (Å²) in [5.41, 5.74) is 0.962. The molecule has 0 amide bonds. The first kappa shape index (κ1) is 14.8. The summed E-state index contributed by atoms with van der Waals surface area (Å²) >= 11 is 5.65. The van der Waals surface area contributed by atoms with Crippen LogP contribution in [0.5, 0.6) is 11.5 Å². The Morgan fingerprint density at radius 1 is 1.35 bits per heavy atom. The lowest BCUT2D eigenvalue weighted by atomic mass is 10.2. The SMILES string of the molecule is CC(C)NCc1ccncc1Oc1ccc(Cl)c(F)c1. The van der Waals surface area contributed by atoms with E-state index >= 15 is 0 Å². The van der Waals surface area contributed by atoms with Crippen molar-refractivity contribution in [2.45, 2.75) is 26.4 Å². The van der Waals surface area contributed by atoms with Crippen molar-refractivity contribution in [2.24, 2.45) is 0 Å². The fourth-order valence-electron chi connectivity index (χ4n) is 1.63. The maximum absolute atomic E-state index is 13.4. The van der Waals surface area contributed by atoms with E-state index in [-0.39, 0.29) is 5.02 Å². The van der Waals surface area contributed by atoms with E-state index in [9.17, 15) is 4.39 Å². The number of pyridine rings is 1. The average molecular weight is 295 g/mol. The van der Waals surface area contributed by atoms with E-state index in [0.717, 1.165) is 5.56 Å². The second-order valence-electron chi connectivity index (χ2n) is 4.70. The van der Waals surface area contributed by atoms with Crippen molar-refractivity contribution in [3.05, 3.63) is 53.1 Å². The predicted molar refractivity (Wildman–Crippen MR) is 77.7 cm³/mol. The molecule has 0 saturated carbocycles. The van der Waals surface area contributed by atoms with Crippen LogP contribution in [0.3, 0.4) is 0 Å². The smallest absolute Gasteiger partial charge is 0.150 e. The highest BCUT2D eigenvalue weighted by Crippen LogP contribution is 2.27. The summed E-state index contributed by atoms with van der Waals surface area (Å²) in [7, 11) is 0. The minimum absolute atomic E-state index is 0.0743. The van der Waals surface area contributed by atoms with Crippen molar-refractivity contribution in [1.29, 1.82) is 0 Å². The molecule has 0 atom stereocenters. The summed E-state index contributed by atoms with van der Waals surface area (Å²) in [6.07, 6.45) is 3.32. The Kier molecular flexibility index (Phi) is 4.93. The van der Waals surface area contributed by atoms with Gasteiger partial charge in [-0.15, -0.1) is 0 Å². The zero-order valence-corrected chi connectivity index (χ0v) is 12.1. The van der Waals surface area contributed by atoms with Crippen LogP contribution in [0.1, 0.15) is 19.4 Å². The van der Waals surface area contributed by atoms with Gasteiger partial charge in [-0.2, -0.15) is 0 Å². The van der Waals surface area contributed by atoms with Gasteiger partial charge in [-0.3, -0.25) is 4.98 Å². The molecule has 2 aromatic rings. The Hall–Kier alpha value is -1.65. The molecule has 0 bridgehead atoms. The van der Waals surface area contributed by atoms with Crippen LogP contribution in [0.15, 0.2) is 36.7 Å². The first-order valence-electron chi connectivity index (χ1n) is 6.35. The second kappa shape index (κ2) is 6.68. The van der Waals surface area contributed by atoms with Crippen molar-refractivity contribution < 1.29 is 9.13 Å². The van der Waals surface area contributed by atoms with E-state index in [1.165, 1.54) is 12.1 Å². The van der Waals surface area contributed by atoms with Gasteiger partial charge in [0.25, 0.3) is 0 Å². The zero-order valence-electron chi connectivity index (χ0n) is 11.4. The van der Waals surface area contributed by atoms with Gasteiger partial charge >= 0.3 is 0 Å². The molecule has 0 spiro atoms. The third kappa shape index (κ3) is 3.92. The topological polar surface area (TPSA) is 34.2 Å². The van der Waals surface area contributed by atoms with Gasteiger partial charge in [0, 0.05) is 30.4 Å². The summed E-state index contributed by atoms with van der Waals surface area (Å²) in [4.78, 5) is 4.04. The molecule has 0 fully saturated rings. The average Bonchev–Trinajstić information content (AvgIpc) is 2.42. The number of rotatable bonds is 5. The number of ether oxygens (including phenoxy) is 1. The highest BCUT2D eigenvalue weighted by Gasteiger charge is 2.07. The lowest BCUT2D eigenvalue weighted by Crippen LogP contribution is -2.22. The van der Waals surface area contributed by atoms with E-state index in [2.05, 4.69) is 24.1 Å². The molecule has 20 heavy (non-hydrogen) atoms. The molecule has 0 aliphatic heterocycles. The molecule has 0 aliphatic rings. The third-order valence-corrected chi connectivity index (χ3v) is 3.00. The van der Waals surface area contributed by atoms with Crippen LogP contribution in [0.4, 0.5) is 4.39 Å². The molecular weight excluding hydrogens is 279 g/mol. The van der Waals surface area contributed by atoms with Crippen LogP contribution < -0.4 is 10.1 Å². The monoisotopic (exact) mass is 294 g/mol. The fraction of sp³-hybridized carbons (Fsp3) is 0.267. The molecule has 1 N–H and O–H groups in total. The summed E-state index contributed by atoms with van der Waals surface area (Å²) < 4.78 is 19.1. The second-order valence-corrected chi connectivity index (χ2v) is 5.10. The Balaban J connectivity index is 2.17. The number of halogens is 2. The Morgan fingerprint density at radius 2 is 2.15 bits per heavy atom. The number of hydrogen-bond donors (Lipinski definition) is 1. The van der Waals surface area contributed by atoms with Crippen LogP contribution in [0.2, 0.25) is 5.02 Å². The minimum atomic E-state index is -0.505. The summed E-state index contributed by atoms with van der Waals surface area (Å²) in [5.74, 6) is 0.489. The highest BCUT2D eigenvalue weighted by atomic mass is 35.5. The molecule has 0 radical (unpaired) electrons. The number of benzene rings is 1. The lowest BCUT2D eigenvalue weighted by molar-refractivity contribution is 0.462. The van der Waals surface area contributed by atoms with Crippen molar-refractivity contribution in [1.82, 2.24) is 10.3 Å². The number of hydrogen-bond acceptors (Lipinski definition) is 3. The van der Waals surface area contributed by atoms with Gasteiger partial charge in [-0.05, 0) is 18.2 Å². The van der Waals surface area contributed by atoms with Crippen LogP contribution >= 0.6 is 11.6 Å². The zero-order chi connectivity index (χ0) is 14.5. The van der Waals surface area contributed by atoms with Crippen molar-refractivity contribution >= 4 is 11.6 Å². The molecule has 0 saturated heterocycles. The van der Waals surface area contributed by atoms with Crippen LogP contribution in [0.25, 0.3) is 0 Å². The summed E-state index contributed by atoms with van der Waals surface area (Å²) in [6.45, 7) is 4.79. The van der Waals surface area contributed by atoms with Crippen molar-refractivity contribution in [2.75, 3.05) is 0 Å². The molecule has 1 aromatic heterocycles. The van der Waals surface area contributed by atoms with Crippen molar-refractivity contribution in [3.8, 4) is 11.5 Å². The van der Waals surface area contributed by atoms with Crippen LogP contribution in [0, 0.1) is 5.82 Å². The van der Waals surface area contributed by atoms with Gasteiger partial charge in [-0.25, -0.2) is 4.39 Å². The maximum Gasteiger partial charge on any atom is 0.150 e. The summed E-state index contributed by atoms with van der Waals surface area (Å²) in [6, 6.07) is 6.59. The van der Waals surface area contributed by atoms with E-state index in [0.29, 0.717) is 24.1 Å². The van der Waals surface area contributed by atoms with Crippen molar-refractivity contribution in [3.63, 3.8) is 0 Å². The number of nitrogens with one attached hydrogen (secondary N) is 1. The third-order valence-electron chi connectivity index (χ3n) is 2.69. The minimum Gasteiger partial charge on any atom is -0.455 e. The van der Waals surface area contributed by atoms with Gasteiger partial charge in [0.1, 0.15) is 17.3 Å². The molecule has 0 unspecified atom stereocenters. The Labute approximate surface area is 122 Å². The molecule has 106 valence electrons. The Bertz CT molecular complexity index is 590. The van der Waals surface area contributed by atoms with Gasteiger partial charge in [0.05, 0.1) is 11.2 Å². The largest absolute Gasteiger partial charge is 0.455 e. The van der Waals surface area contributed by atoms with E-state index < -0.39 is 5.82 Å². The van der Waals surface area contributed by atoms with Crippen LogP contribution in [-0.4, -0.2) is 11.0 Å². The molecule has 2 rings (SSSR count). The number of aromatic nitrogens is 1. The molecule has 5 heteroatoms. The van der Waals surface area contributed by atoms with Gasteiger partial charge in [0.15, 0.2) is 0 Å². The predicted octanol–water partition coefficient (Wildman–Crippen LogP) is 4.16. The molecular formula is C15H16ClFN2O. The molecule has 0 aliphatic carbocycles. The maximum atomic E-state index is 13.4. The number of nitrogens with zero attached hydrogens (tertiary/aromatic N) is 1. The quantitative estimate of drug-likeness (QED) is 0.899. The molecule has 3 nitrogen and oxygen atoms in total. The standard InChI is InChI=1S/C15H16ClFN2O/c1-10(2)19-8-11-5-6-18-9-15(11)20-12-3-4-13(16)14(17)7-12/h3-7,9-10,19H,8H2,1-2H3. The van der Waals surface area contributed by atoms with E-state index in [1.807, 2.05) is 6.07 Å². The van der Waals surface area contributed by atoms with Gasteiger partial charge < -0.3 is 10.1 Å². The lowest BCUT2D eigenvalue weighted by Gasteiger charge is -2.13. The first-order chi connectivity index (χ1) is 9.56. The van der Waals surface area contributed by atoms with Gasteiger partial charge in [-0.1, -0.05) is 25.4 Å². The first-order valence-corrected chi connectivity index (χ1v) is 6.73. The van der Waals surface area contributed by atoms with Crippen LogP contribution in [-0.2, 0) is 6.54 Å². The van der Waals surface area contributed by atoms with E-state index in [1.54, 1.807) is 18.5 Å². The highest BCUT2D eigenvalue weighted by molar-refractivity contribution is 6.30. The van der Waals surface area contributed by atoms with E-state index in [4.69, 9.17) is 16.3 Å².